The van der Waals surface area contributed by atoms with Gasteiger partial charge in [-0.3, -0.25) is 9.78 Å². The van der Waals surface area contributed by atoms with Crippen molar-refractivity contribution in [2.45, 2.75) is 41.6 Å². The summed E-state index contributed by atoms with van der Waals surface area (Å²) < 4.78 is 24.3. The van der Waals surface area contributed by atoms with Crippen molar-refractivity contribution in [3.63, 3.8) is 0 Å². The SMILES string of the molecule is CS(=O)(=O)c1cc2cnc(C(=O)N[C@@H]3C[C@H]4CC[C@@H]3N4)cc2s1. The van der Waals surface area contributed by atoms with E-state index in [4.69, 9.17) is 0 Å². The first-order chi connectivity index (χ1) is 10.9. The quantitative estimate of drug-likeness (QED) is 0.871. The standard InChI is InChI=1S/C15H17N3O3S2/c1-23(20,21)14-4-8-7-16-12(6-13(8)22-14)15(19)18-11-5-9-2-3-10(11)17-9/h4,6-7,9-11,17H,2-3,5H2,1H3,(H,18,19)/t9-,10+,11-/m1/s1. The Morgan fingerprint density at radius 1 is 1.39 bits per heavy atom. The van der Waals surface area contributed by atoms with Crippen LogP contribution in [0.3, 0.4) is 0 Å². The summed E-state index contributed by atoms with van der Waals surface area (Å²) in [5, 5.41) is 7.28. The number of aromatic nitrogens is 1. The molecule has 1 amide bonds. The molecule has 2 saturated heterocycles. The lowest BCUT2D eigenvalue weighted by Gasteiger charge is -2.21. The number of rotatable bonds is 3. The molecule has 2 aromatic rings. The van der Waals surface area contributed by atoms with Crippen molar-refractivity contribution in [1.29, 1.82) is 0 Å². The average Bonchev–Trinajstić information content (AvgIpc) is 3.20. The highest BCUT2D eigenvalue weighted by atomic mass is 32.2. The largest absolute Gasteiger partial charge is 0.346 e. The minimum atomic E-state index is -3.24. The molecule has 8 heteroatoms. The van der Waals surface area contributed by atoms with Gasteiger partial charge in [0, 0.05) is 40.7 Å². The number of nitrogens with zero attached hydrogens (tertiary/aromatic N) is 1. The van der Waals surface area contributed by atoms with Crippen LogP contribution in [0.2, 0.25) is 0 Å². The molecule has 0 spiro atoms. The predicted octanol–water partition coefficient (Wildman–Crippen LogP) is 1.32. The molecule has 2 bridgehead atoms. The maximum Gasteiger partial charge on any atom is 0.270 e. The summed E-state index contributed by atoms with van der Waals surface area (Å²) in [7, 11) is -3.24. The topological polar surface area (TPSA) is 88.2 Å². The number of hydrogen-bond acceptors (Lipinski definition) is 6. The van der Waals surface area contributed by atoms with Crippen LogP contribution < -0.4 is 10.6 Å². The molecule has 0 radical (unpaired) electrons. The van der Waals surface area contributed by atoms with Gasteiger partial charge in [0.05, 0.1) is 0 Å². The maximum absolute atomic E-state index is 12.4. The zero-order valence-electron chi connectivity index (χ0n) is 12.6. The fourth-order valence-corrected chi connectivity index (χ4v) is 5.46. The normalized spacial score (nSPS) is 26.7. The number of sulfone groups is 1. The fourth-order valence-electron chi connectivity index (χ4n) is 3.44. The Hall–Kier alpha value is -1.51. The van der Waals surface area contributed by atoms with E-state index in [9.17, 15) is 13.2 Å². The molecule has 2 fully saturated rings. The minimum Gasteiger partial charge on any atom is -0.346 e. The maximum atomic E-state index is 12.4. The van der Waals surface area contributed by atoms with Gasteiger partial charge >= 0.3 is 0 Å². The number of hydrogen-bond donors (Lipinski definition) is 2. The summed E-state index contributed by atoms with van der Waals surface area (Å²) in [5.74, 6) is -0.194. The summed E-state index contributed by atoms with van der Waals surface area (Å²) in [6.45, 7) is 0. The van der Waals surface area contributed by atoms with E-state index in [0.29, 0.717) is 22.0 Å². The molecule has 2 aliphatic rings. The molecular formula is C15H17N3O3S2. The molecule has 0 aliphatic carbocycles. The molecule has 0 saturated carbocycles. The monoisotopic (exact) mass is 351 g/mol. The lowest BCUT2D eigenvalue weighted by atomic mass is 9.95. The second-order valence-corrected chi connectivity index (χ2v) is 9.63. The van der Waals surface area contributed by atoms with Crippen molar-refractivity contribution >= 4 is 37.2 Å². The third-order valence-electron chi connectivity index (χ3n) is 4.59. The van der Waals surface area contributed by atoms with Gasteiger partial charge in [0.2, 0.25) is 0 Å². The number of amides is 1. The summed E-state index contributed by atoms with van der Waals surface area (Å²) in [6, 6.07) is 4.32. The lowest BCUT2D eigenvalue weighted by Crippen LogP contribution is -2.43. The van der Waals surface area contributed by atoms with Crippen molar-refractivity contribution in [3.8, 4) is 0 Å². The molecule has 2 aromatic heterocycles. The molecule has 2 N–H and O–H groups in total. The van der Waals surface area contributed by atoms with E-state index in [-0.39, 0.29) is 11.9 Å². The van der Waals surface area contributed by atoms with Gasteiger partial charge in [0.15, 0.2) is 9.84 Å². The first-order valence-electron chi connectivity index (χ1n) is 7.57. The molecule has 122 valence electrons. The van der Waals surface area contributed by atoms with Crippen molar-refractivity contribution in [2.75, 3.05) is 6.26 Å². The smallest absolute Gasteiger partial charge is 0.270 e. The van der Waals surface area contributed by atoms with Gasteiger partial charge in [-0.15, -0.1) is 11.3 Å². The van der Waals surface area contributed by atoms with E-state index in [2.05, 4.69) is 15.6 Å². The highest BCUT2D eigenvalue weighted by Gasteiger charge is 2.39. The van der Waals surface area contributed by atoms with E-state index in [1.54, 1.807) is 18.3 Å². The number of thiophene rings is 1. The first-order valence-corrected chi connectivity index (χ1v) is 10.3. The Kier molecular flexibility index (Phi) is 3.44. The number of carbonyl (C=O) groups excluding carboxylic acids is 1. The average molecular weight is 351 g/mol. The van der Waals surface area contributed by atoms with Gasteiger partial charge in [0.1, 0.15) is 9.90 Å². The summed E-state index contributed by atoms with van der Waals surface area (Å²) >= 11 is 1.17. The van der Waals surface area contributed by atoms with Crippen LogP contribution in [0.25, 0.3) is 10.1 Å². The number of pyridine rings is 1. The predicted molar refractivity (Wildman–Crippen MR) is 88.5 cm³/mol. The lowest BCUT2D eigenvalue weighted by molar-refractivity contribution is 0.0926. The second-order valence-electron chi connectivity index (χ2n) is 6.31. The van der Waals surface area contributed by atoms with E-state index < -0.39 is 9.84 Å². The van der Waals surface area contributed by atoms with E-state index in [0.717, 1.165) is 22.9 Å². The van der Waals surface area contributed by atoms with E-state index in [1.807, 2.05) is 0 Å². The first kappa shape index (κ1) is 15.0. The Morgan fingerprint density at radius 2 is 2.22 bits per heavy atom. The second kappa shape index (κ2) is 5.25. The van der Waals surface area contributed by atoms with Crippen molar-refractivity contribution in [1.82, 2.24) is 15.6 Å². The van der Waals surface area contributed by atoms with Crippen LogP contribution in [0.15, 0.2) is 22.5 Å². The molecule has 4 rings (SSSR count). The van der Waals surface area contributed by atoms with Crippen molar-refractivity contribution in [2.24, 2.45) is 0 Å². The van der Waals surface area contributed by atoms with Gasteiger partial charge < -0.3 is 10.6 Å². The third kappa shape index (κ3) is 2.75. The van der Waals surface area contributed by atoms with Crippen LogP contribution in [0, 0.1) is 0 Å². The third-order valence-corrected chi connectivity index (χ3v) is 7.49. The van der Waals surface area contributed by atoms with Crippen molar-refractivity contribution in [3.05, 3.63) is 24.0 Å². The van der Waals surface area contributed by atoms with Gasteiger partial charge in [-0.25, -0.2) is 8.42 Å². The Bertz CT molecular complexity index is 891. The molecule has 0 unspecified atom stereocenters. The fraction of sp³-hybridized carbons (Fsp3) is 0.467. The van der Waals surface area contributed by atoms with Crippen LogP contribution in [0.5, 0.6) is 0 Å². The van der Waals surface area contributed by atoms with Crippen LogP contribution in [-0.4, -0.2) is 43.7 Å². The molecule has 6 nitrogen and oxygen atoms in total. The van der Waals surface area contributed by atoms with Crippen LogP contribution in [0.4, 0.5) is 0 Å². The van der Waals surface area contributed by atoms with Gasteiger partial charge in [-0.2, -0.15) is 0 Å². The van der Waals surface area contributed by atoms with E-state index in [1.165, 1.54) is 24.0 Å². The molecule has 0 aromatic carbocycles. The Balaban J connectivity index is 1.57. The minimum absolute atomic E-state index is 0.161. The summed E-state index contributed by atoms with van der Waals surface area (Å²) in [6.07, 6.45) is 6.00. The van der Waals surface area contributed by atoms with Crippen LogP contribution in [-0.2, 0) is 9.84 Å². The Labute approximate surface area is 138 Å². The van der Waals surface area contributed by atoms with Gasteiger partial charge in [-0.05, 0) is 31.4 Å². The number of nitrogens with one attached hydrogen (secondary N) is 2. The highest BCUT2D eigenvalue weighted by molar-refractivity contribution is 7.92. The molecular weight excluding hydrogens is 334 g/mol. The molecule has 2 aliphatic heterocycles. The van der Waals surface area contributed by atoms with E-state index >= 15 is 0 Å². The highest BCUT2D eigenvalue weighted by Crippen LogP contribution is 2.30. The molecule has 3 atom stereocenters. The summed E-state index contributed by atoms with van der Waals surface area (Å²) in [5.41, 5.74) is 0.335. The number of carbonyl (C=O) groups is 1. The van der Waals surface area contributed by atoms with Gasteiger partial charge in [-0.1, -0.05) is 0 Å². The molecule has 23 heavy (non-hydrogen) atoms. The van der Waals surface area contributed by atoms with Crippen LogP contribution in [0.1, 0.15) is 29.8 Å². The summed E-state index contributed by atoms with van der Waals surface area (Å²) in [4.78, 5) is 16.6. The Morgan fingerprint density at radius 3 is 2.87 bits per heavy atom. The molecule has 4 heterocycles. The van der Waals surface area contributed by atoms with Crippen LogP contribution >= 0.6 is 11.3 Å². The zero-order chi connectivity index (χ0) is 16.2. The zero-order valence-corrected chi connectivity index (χ0v) is 14.2. The van der Waals surface area contributed by atoms with Gasteiger partial charge in [0.25, 0.3) is 5.91 Å². The van der Waals surface area contributed by atoms with Crippen molar-refractivity contribution < 1.29 is 13.2 Å². The number of fused-ring (bicyclic) bond motifs is 3.